The monoisotopic (exact) mass is 569 g/mol. The fourth-order valence-corrected chi connectivity index (χ4v) is 7.51. The highest BCUT2D eigenvalue weighted by molar-refractivity contribution is 5.98. The van der Waals surface area contributed by atoms with Crippen LogP contribution in [-0.4, -0.2) is 48.7 Å². The molecule has 2 bridgehead atoms. The molecular formula is C31H40FN3O6. The Morgan fingerprint density at radius 1 is 1.10 bits per heavy atom. The second-order valence-corrected chi connectivity index (χ2v) is 13.0. The van der Waals surface area contributed by atoms with Crippen molar-refractivity contribution in [1.82, 2.24) is 10.6 Å². The molecule has 1 aromatic rings. The number of hydrogen-bond donors (Lipinski definition) is 3. The zero-order chi connectivity index (χ0) is 29.4. The van der Waals surface area contributed by atoms with E-state index in [-0.39, 0.29) is 71.4 Å². The van der Waals surface area contributed by atoms with Crippen molar-refractivity contribution in [3.8, 4) is 17.6 Å². The van der Waals surface area contributed by atoms with Crippen LogP contribution in [0.2, 0.25) is 0 Å². The van der Waals surface area contributed by atoms with Crippen LogP contribution in [0, 0.1) is 45.7 Å². The molecule has 2 amide bonds. The number of amides is 2. The first-order chi connectivity index (χ1) is 19.6. The van der Waals surface area contributed by atoms with Gasteiger partial charge in [-0.15, -0.1) is 0 Å². The first kappa shape index (κ1) is 29.2. The normalized spacial score (nSPS) is 31.4. The second-order valence-electron chi connectivity index (χ2n) is 13.0. The third kappa shape index (κ3) is 5.73. The van der Waals surface area contributed by atoms with Crippen molar-refractivity contribution in [2.75, 3.05) is 13.7 Å². The summed E-state index contributed by atoms with van der Waals surface area (Å²) in [6.07, 6.45) is 6.91. The van der Waals surface area contributed by atoms with Gasteiger partial charge in [-0.25, -0.2) is 4.39 Å². The maximum atomic E-state index is 15.0. The van der Waals surface area contributed by atoms with Crippen LogP contribution in [0.15, 0.2) is 12.1 Å². The van der Waals surface area contributed by atoms with Crippen LogP contribution in [0.4, 0.5) is 4.39 Å². The van der Waals surface area contributed by atoms with E-state index >= 15 is 4.39 Å². The Hall–Kier alpha value is -3.35. The predicted octanol–water partition coefficient (Wildman–Crippen LogP) is 4.59. The maximum absolute atomic E-state index is 15.0. The lowest BCUT2D eigenvalue weighted by Gasteiger charge is -2.39. The van der Waals surface area contributed by atoms with Gasteiger partial charge in [-0.2, -0.15) is 5.26 Å². The van der Waals surface area contributed by atoms with E-state index in [1.807, 2.05) is 6.07 Å². The lowest BCUT2D eigenvalue weighted by atomic mass is 9.70. The summed E-state index contributed by atoms with van der Waals surface area (Å²) in [5, 5.41) is 25.0. The van der Waals surface area contributed by atoms with E-state index in [4.69, 9.17) is 14.7 Å². The van der Waals surface area contributed by atoms with Gasteiger partial charge in [0, 0.05) is 18.7 Å². The van der Waals surface area contributed by atoms with Gasteiger partial charge in [0.1, 0.15) is 5.75 Å². The second kappa shape index (κ2) is 11.5. The average Bonchev–Trinajstić information content (AvgIpc) is 3.54. The molecular weight excluding hydrogens is 529 g/mol. The molecule has 9 nitrogen and oxygen atoms in total. The van der Waals surface area contributed by atoms with Crippen LogP contribution in [0.25, 0.3) is 0 Å². The van der Waals surface area contributed by atoms with Gasteiger partial charge in [-0.05, 0) is 81.1 Å². The Bertz CT molecular complexity index is 1230. The molecule has 0 unspecified atom stereocenters. The van der Waals surface area contributed by atoms with E-state index in [1.54, 1.807) is 0 Å². The summed E-state index contributed by atoms with van der Waals surface area (Å²) in [5.41, 5.74) is -0.836. The van der Waals surface area contributed by atoms with Crippen LogP contribution in [0.3, 0.4) is 0 Å². The number of rotatable bonds is 10. The first-order valence-electron chi connectivity index (χ1n) is 14.8. The number of benzene rings is 1. The number of carbonyl (C=O) groups is 3. The lowest BCUT2D eigenvalue weighted by molar-refractivity contribution is -0.151. The number of halogens is 1. The van der Waals surface area contributed by atoms with E-state index < -0.39 is 29.2 Å². The predicted molar refractivity (Wildman–Crippen MR) is 147 cm³/mol. The third-order valence-electron chi connectivity index (χ3n) is 10.3. The molecule has 3 N–H and O–H groups in total. The molecule has 5 rings (SSSR count). The summed E-state index contributed by atoms with van der Waals surface area (Å²) in [6.45, 7) is 2.84. The standard InChI is InChI=1S/C31H40FN3O6/c1-30(8-3-9-30)17-34-28(37)25-18-4-5-19(14-18)26(25)35-27(36)21-15-24(22(32)16-23(21)40-2)41-20-6-10-31(11-7-20,12-13-33)29(38)39/h15-16,18-20,25-26H,3-12,14,17H2,1-2H3,(H,34,37)(H,35,36)(H,38,39)/t18-,19+,20-,25+,26-,31+/m1/s1. The molecule has 41 heavy (non-hydrogen) atoms. The summed E-state index contributed by atoms with van der Waals surface area (Å²) in [6, 6.07) is 4.11. The van der Waals surface area contributed by atoms with Crippen molar-refractivity contribution < 1.29 is 33.4 Å². The first-order valence-corrected chi connectivity index (χ1v) is 14.8. The van der Waals surface area contributed by atoms with Crippen molar-refractivity contribution in [3.05, 3.63) is 23.5 Å². The zero-order valence-electron chi connectivity index (χ0n) is 23.8. The number of carboxylic acids is 1. The molecule has 4 fully saturated rings. The van der Waals surface area contributed by atoms with Crippen molar-refractivity contribution in [1.29, 1.82) is 5.26 Å². The quantitative estimate of drug-likeness (QED) is 0.375. The van der Waals surface area contributed by atoms with Gasteiger partial charge in [0.05, 0.1) is 42.6 Å². The number of hydrogen-bond acceptors (Lipinski definition) is 6. The van der Waals surface area contributed by atoms with E-state index in [1.165, 1.54) is 19.6 Å². The van der Waals surface area contributed by atoms with Gasteiger partial charge in [0.15, 0.2) is 11.6 Å². The smallest absolute Gasteiger partial charge is 0.310 e. The van der Waals surface area contributed by atoms with Gasteiger partial charge in [-0.3, -0.25) is 14.4 Å². The molecule has 0 aliphatic heterocycles. The number of fused-ring (bicyclic) bond motifs is 2. The van der Waals surface area contributed by atoms with Crippen LogP contribution in [0.1, 0.15) is 87.9 Å². The molecule has 4 aliphatic carbocycles. The highest BCUT2D eigenvalue weighted by Gasteiger charge is 2.52. The summed E-state index contributed by atoms with van der Waals surface area (Å²) >= 11 is 0. The van der Waals surface area contributed by atoms with Crippen molar-refractivity contribution >= 4 is 17.8 Å². The number of nitrogens with zero attached hydrogens (tertiary/aromatic N) is 1. The van der Waals surface area contributed by atoms with Crippen molar-refractivity contribution in [2.24, 2.45) is 28.6 Å². The largest absolute Gasteiger partial charge is 0.496 e. The van der Waals surface area contributed by atoms with Crippen LogP contribution >= 0.6 is 0 Å². The SMILES string of the molecule is COc1cc(F)c(O[C@H]2CC[C@@](CC#N)(C(=O)O)CC2)cc1C(=O)N[C@@H]1[C@H]2CC[C@H](C2)[C@@H]1C(=O)NCC1(C)CCC1. The van der Waals surface area contributed by atoms with Crippen molar-refractivity contribution in [2.45, 2.75) is 89.7 Å². The van der Waals surface area contributed by atoms with Crippen LogP contribution in [-0.2, 0) is 9.59 Å². The molecule has 0 radical (unpaired) electrons. The van der Waals surface area contributed by atoms with Crippen LogP contribution < -0.4 is 20.1 Å². The van der Waals surface area contributed by atoms with Gasteiger partial charge in [0.2, 0.25) is 5.91 Å². The molecule has 0 spiro atoms. The molecule has 0 heterocycles. The number of nitrogens with one attached hydrogen (secondary N) is 2. The number of methoxy groups -OCH3 is 1. The Balaban J connectivity index is 1.28. The van der Waals surface area contributed by atoms with Gasteiger partial charge >= 0.3 is 5.97 Å². The molecule has 1 aromatic carbocycles. The minimum Gasteiger partial charge on any atom is -0.496 e. The van der Waals surface area contributed by atoms with E-state index in [0.717, 1.165) is 38.2 Å². The lowest BCUT2D eigenvalue weighted by Crippen LogP contribution is -2.51. The number of aliphatic carboxylic acids is 1. The fourth-order valence-electron chi connectivity index (χ4n) is 7.51. The maximum Gasteiger partial charge on any atom is 0.310 e. The topological polar surface area (TPSA) is 138 Å². The van der Waals surface area contributed by atoms with E-state index in [9.17, 15) is 19.5 Å². The molecule has 4 aliphatic rings. The Morgan fingerprint density at radius 2 is 1.80 bits per heavy atom. The third-order valence-corrected chi connectivity index (χ3v) is 10.3. The highest BCUT2D eigenvalue weighted by Crippen LogP contribution is 2.49. The van der Waals surface area contributed by atoms with Gasteiger partial charge in [0.25, 0.3) is 5.91 Å². The highest BCUT2D eigenvalue weighted by atomic mass is 19.1. The molecule has 0 aromatic heterocycles. The van der Waals surface area contributed by atoms with E-state index in [2.05, 4.69) is 17.6 Å². The average molecular weight is 570 g/mol. The summed E-state index contributed by atoms with van der Waals surface area (Å²) < 4.78 is 26.3. The summed E-state index contributed by atoms with van der Waals surface area (Å²) in [5.74, 6) is -2.03. The van der Waals surface area contributed by atoms with Gasteiger partial charge < -0.3 is 25.2 Å². The molecule has 4 saturated carbocycles. The van der Waals surface area contributed by atoms with E-state index in [0.29, 0.717) is 19.4 Å². The number of carboxylic acid groups (broad SMARTS) is 1. The van der Waals surface area contributed by atoms with Gasteiger partial charge in [-0.1, -0.05) is 13.3 Å². The Labute approximate surface area is 240 Å². The Morgan fingerprint density at radius 3 is 2.41 bits per heavy atom. The fraction of sp³-hybridized carbons (Fsp3) is 0.677. The Kier molecular flexibility index (Phi) is 8.18. The van der Waals surface area contributed by atoms with Crippen LogP contribution in [0.5, 0.6) is 11.5 Å². The number of nitriles is 1. The molecule has 222 valence electrons. The zero-order valence-corrected chi connectivity index (χ0v) is 23.8. The summed E-state index contributed by atoms with van der Waals surface area (Å²) in [7, 11) is 1.36. The number of carbonyl (C=O) groups excluding carboxylic acids is 2. The summed E-state index contributed by atoms with van der Waals surface area (Å²) in [4.78, 5) is 38.7. The minimum absolute atomic E-state index is 0.00292. The molecule has 10 heteroatoms. The molecule has 0 saturated heterocycles. The minimum atomic E-state index is -1.11. The van der Waals surface area contributed by atoms with Crippen molar-refractivity contribution in [3.63, 3.8) is 0 Å². The molecule has 4 atom stereocenters. The number of ether oxygens (including phenoxy) is 2.